The molecule has 0 saturated carbocycles. The Morgan fingerprint density at radius 2 is 2.31 bits per heavy atom. The van der Waals surface area contributed by atoms with Crippen LogP contribution < -0.4 is 10.4 Å². The molecular weight excluding hydrogens is 276 g/mol. The molecule has 2 rings (SSSR count). The van der Waals surface area contributed by atoms with Crippen LogP contribution in [0.25, 0.3) is 10.9 Å². The molecular formula is C10H9BrN2O3. The predicted octanol–water partition coefficient (Wildman–Crippen LogP) is 1.06. The number of fused-ring (bicyclic) bond motifs is 1. The van der Waals surface area contributed by atoms with Crippen LogP contribution >= 0.6 is 15.9 Å². The van der Waals surface area contributed by atoms with Gasteiger partial charge in [0.25, 0.3) is 0 Å². The van der Waals surface area contributed by atoms with E-state index in [1.165, 1.54) is 0 Å². The van der Waals surface area contributed by atoms with Gasteiger partial charge in [0.15, 0.2) is 0 Å². The van der Waals surface area contributed by atoms with Crippen LogP contribution in [-0.4, -0.2) is 28.3 Å². The molecule has 84 valence electrons. The molecule has 0 radical (unpaired) electrons. The highest BCUT2D eigenvalue weighted by Crippen LogP contribution is 2.23. The molecule has 0 spiro atoms. The number of hydrogen-bond acceptors (Lipinski definition) is 4. The highest BCUT2D eigenvalue weighted by atomic mass is 79.9. The first-order valence-electron chi connectivity index (χ1n) is 4.64. The van der Waals surface area contributed by atoms with Gasteiger partial charge in [0.05, 0.1) is 17.5 Å². The zero-order valence-corrected chi connectivity index (χ0v) is 9.82. The Bertz CT molecular complexity index is 567. The molecule has 0 fully saturated rings. The number of benzene rings is 1. The lowest BCUT2D eigenvalue weighted by Gasteiger charge is -2.06. The van der Waals surface area contributed by atoms with Crippen LogP contribution in [0, 0.1) is 0 Å². The molecule has 0 unspecified atom stereocenters. The summed E-state index contributed by atoms with van der Waals surface area (Å²) in [7, 11) is 0. The first kappa shape index (κ1) is 11.1. The lowest BCUT2D eigenvalue weighted by atomic mass is 10.2. The van der Waals surface area contributed by atoms with Gasteiger partial charge >= 0.3 is 5.69 Å². The maximum atomic E-state index is 11.2. The van der Waals surface area contributed by atoms with E-state index in [-0.39, 0.29) is 19.1 Å². The molecule has 0 aliphatic rings. The Hall–Kier alpha value is -1.40. The quantitative estimate of drug-likeness (QED) is 0.884. The van der Waals surface area contributed by atoms with Gasteiger partial charge in [-0.3, -0.25) is 0 Å². The normalized spacial score (nSPS) is 10.6. The van der Waals surface area contributed by atoms with E-state index in [0.29, 0.717) is 10.9 Å². The average molecular weight is 285 g/mol. The fourth-order valence-corrected chi connectivity index (χ4v) is 1.71. The van der Waals surface area contributed by atoms with Crippen LogP contribution in [-0.2, 0) is 0 Å². The smallest absolute Gasteiger partial charge is 0.348 e. The van der Waals surface area contributed by atoms with Gasteiger partial charge in [0.2, 0.25) is 5.88 Å². The van der Waals surface area contributed by atoms with Crippen molar-refractivity contribution in [2.45, 2.75) is 0 Å². The zero-order valence-electron chi connectivity index (χ0n) is 8.24. The van der Waals surface area contributed by atoms with E-state index < -0.39 is 5.69 Å². The third-order valence-electron chi connectivity index (χ3n) is 1.99. The molecule has 16 heavy (non-hydrogen) atoms. The number of nitrogens with one attached hydrogen (secondary N) is 1. The molecule has 0 atom stereocenters. The van der Waals surface area contributed by atoms with Crippen molar-refractivity contribution in [1.29, 1.82) is 0 Å². The monoisotopic (exact) mass is 284 g/mol. The fourth-order valence-electron chi connectivity index (χ4n) is 1.35. The summed E-state index contributed by atoms with van der Waals surface area (Å²) in [6.45, 7) is -0.0119. The van der Waals surface area contributed by atoms with Gasteiger partial charge in [0, 0.05) is 4.47 Å². The van der Waals surface area contributed by atoms with E-state index in [9.17, 15) is 4.79 Å². The number of aliphatic hydroxyl groups is 1. The summed E-state index contributed by atoms with van der Waals surface area (Å²) >= 11 is 3.33. The SMILES string of the molecule is O=c1nc(OCCO)c2cc(Br)ccc2[nH]1. The second kappa shape index (κ2) is 4.63. The predicted molar refractivity (Wildman–Crippen MR) is 62.6 cm³/mol. The van der Waals surface area contributed by atoms with E-state index in [4.69, 9.17) is 9.84 Å². The zero-order chi connectivity index (χ0) is 11.5. The minimum atomic E-state index is -0.470. The van der Waals surface area contributed by atoms with Gasteiger partial charge in [0.1, 0.15) is 6.61 Å². The van der Waals surface area contributed by atoms with Gasteiger partial charge in [-0.2, -0.15) is 4.98 Å². The Morgan fingerprint density at radius 3 is 3.06 bits per heavy atom. The number of ether oxygens (including phenoxy) is 1. The number of aromatic nitrogens is 2. The topological polar surface area (TPSA) is 75.2 Å². The summed E-state index contributed by atoms with van der Waals surface area (Å²) in [6, 6.07) is 5.37. The molecule has 0 amide bonds. The van der Waals surface area contributed by atoms with Crippen molar-refractivity contribution in [1.82, 2.24) is 9.97 Å². The van der Waals surface area contributed by atoms with E-state index >= 15 is 0 Å². The van der Waals surface area contributed by atoms with E-state index in [1.807, 2.05) is 6.07 Å². The summed E-state index contributed by atoms with van der Waals surface area (Å²) in [5, 5.41) is 9.37. The first-order valence-corrected chi connectivity index (χ1v) is 5.43. The minimum absolute atomic E-state index is 0.109. The molecule has 2 N–H and O–H groups in total. The number of H-pyrrole nitrogens is 1. The average Bonchev–Trinajstić information content (AvgIpc) is 2.26. The Kier molecular flexibility index (Phi) is 3.21. The minimum Gasteiger partial charge on any atom is -0.475 e. The number of halogens is 1. The van der Waals surface area contributed by atoms with Gasteiger partial charge in [-0.25, -0.2) is 4.79 Å². The molecule has 1 aromatic heterocycles. The molecule has 0 saturated heterocycles. The maximum absolute atomic E-state index is 11.2. The largest absolute Gasteiger partial charge is 0.475 e. The van der Waals surface area contributed by atoms with Crippen LogP contribution in [0.3, 0.4) is 0 Å². The lowest BCUT2D eigenvalue weighted by Crippen LogP contribution is -2.13. The Morgan fingerprint density at radius 1 is 1.50 bits per heavy atom. The molecule has 6 heteroatoms. The Balaban J connectivity index is 2.60. The Labute approximate surface area is 99.2 Å². The van der Waals surface area contributed by atoms with Crippen LogP contribution in [0.1, 0.15) is 0 Å². The second-order valence-electron chi connectivity index (χ2n) is 3.11. The summed E-state index contributed by atoms with van der Waals surface area (Å²) in [6.07, 6.45) is 0. The summed E-state index contributed by atoms with van der Waals surface area (Å²) in [5.41, 5.74) is 0.180. The van der Waals surface area contributed by atoms with E-state index in [0.717, 1.165) is 4.47 Å². The van der Waals surface area contributed by atoms with Crippen molar-refractivity contribution in [3.8, 4) is 5.88 Å². The summed E-state index contributed by atoms with van der Waals surface area (Å²) in [5.74, 6) is 0.231. The van der Waals surface area contributed by atoms with Crippen molar-refractivity contribution in [2.24, 2.45) is 0 Å². The highest BCUT2D eigenvalue weighted by Gasteiger charge is 2.06. The summed E-state index contributed by atoms with van der Waals surface area (Å²) in [4.78, 5) is 17.5. The first-order chi connectivity index (χ1) is 7.70. The van der Waals surface area contributed by atoms with Gasteiger partial charge in [-0.1, -0.05) is 15.9 Å². The maximum Gasteiger partial charge on any atom is 0.348 e. The second-order valence-corrected chi connectivity index (χ2v) is 4.02. The van der Waals surface area contributed by atoms with Crippen LogP contribution in [0.15, 0.2) is 27.5 Å². The van der Waals surface area contributed by atoms with Gasteiger partial charge in [-0.05, 0) is 18.2 Å². The van der Waals surface area contributed by atoms with E-state index in [2.05, 4.69) is 25.9 Å². The molecule has 0 aliphatic heterocycles. The fraction of sp³-hybridized carbons (Fsp3) is 0.200. The molecule has 5 nitrogen and oxygen atoms in total. The number of aromatic amines is 1. The number of hydrogen-bond donors (Lipinski definition) is 2. The van der Waals surface area contributed by atoms with Crippen LogP contribution in [0.5, 0.6) is 5.88 Å². The van der Waals surface area contributed by atoms with Crippen LogP contribution in [0.2, 0.25) is 0 Å². The van der Waals surface area contributed by atoms with Crippen molar-refractivity contribution >= 4 is 26.8 Å². The van der Waals surface area contributed by atoms with Crippen molar-refractivity contribution < 1.29 is 9.84 Å². The molecule has 0 aliphatic carbocycles. The molecule has 2 aromatic rings. The van der Waals surface area contributed by atoms with Crippen molar-refractivity contribution in [3.05, 3.63) is 33.2 Å². The highest BCUT2D eigenvalue weighted by molar-refractivity contribution is 9.10. The summed E-state index contributed by atoms with van der Waals surface area (Å²) < 4.78 is 6.07. The lowest BCUT2D eigenvalue weighted by molar-refractivity contribution is 0.198. The number of aliphatic hydroxyl groups excluding tert-OH is 1. The molecule has 1 heterocycles. The van der Waals surface area contributed by atoms with Crippen LogP contribution in [0.4, 0.5) is 0 Å². The van der Waals surface area contributed by atoms with E-state index in [1.54, 1.807) is 12.1 Å². The van der Waals surface area contributed by atoms with Gasteiger partial charge < -0.3 is 14.8 Å². The van der Waals surface area contributed by atoms with Crippen molar-refractivity contribution in [2.75, 3.05) is 13.2 Å². The number of rotatable bonds is 3. The standard InChI is InChI=1S/C10H9BrN2O3/c11-6-1-2-8-7(5-6)9(16-4-3-14)13-10(15)12-8/h1-2,5,14H,3-4H2,(H,12,13,15). The molecule has 1 aromatic carbocycles. The molecule has 0 bridgehead atoms. The van der Waals surface area contributed by atoms with Crippen molar-refractivity contribution in [3.63, 3.8) is 0 Å². The third kappa shape index (κ3) is 2.23. The number of nitrogens with zero attached hydrogens (tertiary/aromatic N) is 1. The third-order valence-corrected chi connectivity index (χ3v) is 2.48. The van der Waals surface area contributed by atoms with Gasteiger partial charge in [-0.15, -0.1) is 0 Å².